The van der Waals surface area contributed by atoms with Crippen LogP contribution in [0.4, 0.5) is 0 Å². The molecule has 1 amide bonds. The Morgan fingerprint density at radius 1 is 1.21 bits per heavy atom. The maximum absolute atomic E-state index is 11.4. The fraction of sp³-hybridized carbons (Fsp3) is 0.412. The molecule has 1 aromatic carbocycles. The number of rotatable bonds is 7. The second kappa shape index (κ2) is 8.24. The fourth-order valence-electron chi connectivity index (χ4n) is 2.28. The Labute approximate surface area is 141 Å². The summed E-state index contributed by atoms with van der Waals surface area (Å²) >= 11 is 0. The van der Waals surface area contributed by atoms with E-state index in [0.717, 1.165) is 5.56 Å². The number of carbonyl (C=O) groups is 2. The highest BCUT2D eigenvalue weighted by Gasteiger charge is 2.16. The third-order valence-electron chi connectivity index (χ3n) is 3.46. The lowest BCUT2D eigenvalue weighted by atomic mass is 10.2. The van der Waals surface area contributed by atoms with Crippen LogP contribution in [0.3, 0.4) is 0 Å². The number of benzene rings is 1. The lowest BCUT2D eigenvalue weighted by Crippen LogP contribution is -2.28. The molecule has 0 saturated heterocycles. The lowest BCUT2D eigenvalue weighted by Gasteiger charge is -2.19. The molecule has 0 aromatic heterocycles. The summed E-state index contributed by atoms with van der Waals surface area (Å²) in [6.07, 6.45) is 3.63. The van der Waals surface area contributed by atoms with Crippen LogP contribution >= 0.6 is 0 Å². The second-order valence-corrected chi connectivity index (χ2v) is 5.25. The average Bonchev–Trinajstić information content (AvgIpc) is 3.02. The average molecular weight is 334 g/mol. The van der Waals surface area contributed by atoms with E-state index in [-0.39, 0.29) is 12.5 Å². The first-order chi connectivity index (χ1) is 11.5. The Morgan fingerprint density at radius 2 is 2.00 bits per heavy atom. The van der Waals surface area contributed by atoms with Crippen molar-refractivity contribution in [1.82, 2.24) is 9.80 Å². The first-order valence-corrected chi connectivity index (χ1v) is 7.68. The lowest BCUT2D eigenvalue weighted by molar-refractivity contribution is -0.145. The first-order valence-electron chi connectivity index (χ1n) is 7.68. The van der Waals surface area contributed by atoms with Crippen molar-refractivity contribution >= 4 is 11.9 Å². The van der Waals surface area contributed by atoms with Gasteiger partial charge >= 0.3 is 5.97 Å². The number of esters is 1. The monoisotopic (exact) mass is 334 g/mol. The minimum atomic E-state index is -0.421. The molecule has 1 heterocycles. The third kappa shape index (κ3) is 4.65. The minimum absolute atomic E-state index is 0.00837. The number of ether oxygens (including phenoxy) is 3. The molecule has 1 aliphatic heterocycles. The molecule has 24 heavy (non-hydrogen) atoms. The Bertz CT molecular complexity index is 629. The number of nitrogens with zero attached hydrogens (tertiary/aromatic N) is 2. The Hall–Kier alpha value is -2.70. The van der Waals surface area contributed by atoms with Crippen molar-refractivity contribution in [3.05, 3.63) is 36.2 Å². The van der Waals surface area contributed by atoms with E-state index in [4.69, 9.17) is 14.2 Å². The zero-order valence-electron chi connectivity index (χ0n) is 14.2. The van der Waals surface area contributed by atoms with Crippen molar-refractivity contribution in [2.24, 2.45) is 0 Å². The van der Waals surface area contributed by atoms with Gasteiger partial charge in [0.15, 0.2) is 18.1 Å². The van der Waals surface area contributed by atoms with Crippen molar-refractivity contribution in [1.29, 1.82) is 0 Å². The zero-order chi connectivity index (χ0) is 17.5. The van der Waals surface area contributed by atoms with Crippen molar-refractivity contribution < 1.29 is 23.8 Å². The SMILES string of the molecule is CCOC(=O)COc1ccc(CN2C=CN(C(C)=O)C2)cc1OC. The van der Waals surface area contributed by atoms with Gasteiger partial charge in [0, 0.05) is 25.9 Å². The maximum Gasteiger partial charge on any atom is 0.344 e. The van der Waals surface area contributed by atoms with E-state index < -0.39 is 5.97 Å². The Morgan fingerprint density at radius 3 is 2.62 bits per heavy atom. The summed E-state index contributed by atoms with van der Waals surface area (Å²) in [5, 5.41) is 0. The number of carbonyl (C=O) groups excluding carboxylic acids is 2. The number of amides is 1. The highest BCUT2D eigenvalue weighted by atomic mass is 16.6. The van der Waals surface area contributed by atoms with Crippen LogP contribution in [-0.4, -0.2) is 48.7 Å². The Kier molecular flexibility index (Phi) is 6.06. The van der Waals surface area contributed by atoms with E-state index in [1.807, 2.05) is 23.2 Å². The van der Waals surface area contributed by atoms with Gasteiger partial charge in [-0.05, 0) is 24.6 Å². The molecule has 0 unspecified atom stereocenters. The van der Waals surface area contributed by atoms with E-state index in [2.05, 4.69) is 0 Å². The highest BCUT2D eigenvalue weighted by Crippen LogP contribution is 2.29. The molecule has 2 rings (SSSR count). The predicted molar refractivity (Wildman–Crippen MR) is 87.2 cm³/mol. The van der Waals surface area contributed by atoms with Crippen LogP contribution in [0.5, 0.6) is 11.5 Å². The standard InChI is InChI=1S/C17H22N2O5/c1-4-23-17(21)11-24-15-6-5-14(9-16(15)22-3)10-18-7-8-19(12-18)13(2)20/h5-9H,4,10-12H2,1-3H3. The molecular formula is C17H22N2O5. The largest absolute Gasteiger partial charge is 0.493 e. The van der Waals surface area contributed by atoms with Gasteiger partial charge in [0.05, 0.1) is 20.4 Å². The van der Waals surface area contributed by atoms with Crippen LogP contribution in [0.1, 0.15) is 19.4 Å². The van der Waals surface area contributed by atoms with Gasteiger partial charge in [-0.25, -0.2) is 4.79 Å². The molecular weight excluding hydrogens is 312 g/mol. The van der Waals surface area contributed by atoms with Gasteiger partial charge in [-0.15, -0.1) is 0 Å². The molecule has 0 fully saturated rings. The molecule has 130 valence electrons. The van der Waals surface area contributed by atoms with Gasteiger partial charge < -0.3 is 19.1 Å². The van der Waals surface area contributed by atoms with E-state index >= 15 is 0 Å². The van der Waals surface area contributed by atoms with Crippen LogP contribution in [0.25, 0.3) is 0 Å². The minimum Gasteiger partial charge on any atom is -0.493 e. The van der Waals surface area contributed by atoms with Crippen molar-refractivity contribution in [3.63, 3.8) is 0 Å². The molecule has 0 bridgehead atoms. The summed E-state index contributed by atoms with van der Waals surface area (Å²) in [4.78, 5) is 26.3. The summed E-state index contributed by atoms with van der Waals surface area (Å²) in [5.41, 5.74) is 1.00. The van der Waals surface area contributed by atoms with Gasteiger partial charge in [-0.1, -0.05) is 6.07 Å². The molecule has 0 aliphatic carbocycles. The smallest absolute Gasteiger partial charge is 0.344 e. The molecule has 7 heteroatoms. The van der Waals surface area contributed by atoms with Gasteiger partial charge in [-0.2, -0.15) is 0 Å². The fourth-order valence-corrected chi connectivity index (χ4v) is 2.28. The Balaban J connectivity index is 1.97. The second-order valence-electron chi connectivity index (χ2n) is 5.25. The molecule has 0 spiro atoms. The van der Waals surface area contributed by atoms with Crippen LogP contribution in [0.2, 0.25) is 0 Å². The number of hydrogen-bond donors (Lipinski definition) is 0. The van der Waals surface area contributed by atoms with E-state index in [1.54, 1.807) is 31.2 Å². The van der Waals surface area contributed by atoms with Crippen LogP contribution in [0, 0.1) is 0 Å². The van der Waals surface area contributed by atoms with Crippen molar-refractivity contribution in [2.45, 2.75) is 20.4 Å². The number of hydrogen-bond acceptors (Lipinski definition) is 6. The quantitative estimate of drug-likeness (QED) is 0.708. The summed E-state index contributed by atoms with van der Waals surface area (Å²) in [7, 11) is 1.55. The van der Waals surface area contributed by atoms with Crippen LogP contribution in [0.15, 0.2) is 30.6 Å². The van der Waals surface area contributed by atoms with E-state index in [0.29, 0.717) is 31.3 Å². The molecule has 0 saturated carbocycles. The van der Waals surface area contributed by atoms with Gasteiger partial charge in [0.1, 0.15) is 0 Å². The van der Waals surface area contributed by atoms with Crippen molar-refractivity contribution in [3.8, 4) is 11.5 Å². The zero-order valence-corrected chi connectivity index (χ0v) is 14.2. The first kappa shape index (κ1) is 17.7. The summed E-state index contributed by atoms with van der Waals surface area (Å²) in [5.74, 6) is 0.615. The van der Waals surface area contributed by atoms with Crippen molar-refractivity contribution in [2.75, 3.05) is 27.0 Å². The summed E-state index contributed by atoms with van der Waals surface area (Å²) < 4.78 is 15.6. The summed E-state index contributed by atoms with van der Waals surface area (Å²) in [6, 6.07) is 5.51. The summed E-state index contributed by atoms with van der Waals surface area (Å²) in [6.45, 7) is 4.60. The number of methoxy groups -OCH3 is 1. The molecule has 7 nitrogen and oxygen atoms in total. The van der Waals surface area contributed by atoms with Crippen LogP contribution in [-0.2, 0) is 20.9 Å². The van der Waals surface area contributed by atoms with Gasteiger partial charge in [0.25, 0.3) is 0 Å². The third-order valence-corrected chi connectivity index (χ3v) is 3.46. The van der Waals surface area contributed by atoms with E-state index in [9.17, 15) is 9.59 Å². The van der Waals surface area contributed by atoms with Crippen LogP contribution < -0.4 is 9.47 Å². The molecule has 0 atom stereocenters. The highest BCUT2D eigenvalue weighted by molar-refractivity contribution is 5.74. The normalized spacial score (nSPS) is 13.1. The maximum atomic E-state index is 11.4. The predicted octanol–water partition coefficient (Wildman–Crippen LogP) is 1.73. The van der Waals surface area contributed by atoms with Gasteiger partial charge in [0.2, 0.25) is 5.91 Å². The molecule has 1 aliphatic rings. The molecule has 0 radical (unpaired) electrons. The van der Waals surface area contributed by atoms with Gasteiger partial charge in [-0.3, -0.25) is 9.69 Å². The van der Waals surface area contributed by atoms with E-state index in [1.165, 1.54) is 6.92 Å². The topological polar surface area (TPSA) is 68.3 Å². The molecule has 1 aromatic rings. The molecule has 0 N–H and O–H groups in total.